The van der Waals surface area contributed by atoms with E-state index < -0.39 is 0 Å². The smallest absolute Gasteiger partial charge is 0.344 e. The third-order valence-electron chi connectivity index (χ3n) is 3.52. The highest BCUT2D eigenvalue weighted by atomic mass is 16.5. The largest absolute Gasteiger partial charge is 0.422 e. The van der Waals surface area contributed by atoms with Crippen molar-refractivity contribution in [2.45, 2.75) is 0 Å². The molecule has 1 aliphatic rings. The lowest BCUT2D eigenvalue weighted by Crippen LogP contribution is -2.00. The zero-order valence-electron chi connectivity index (χ0n) is 10.6. The van der Waals surface area contributed by atoms with Gasteiger partial charge in [0.1, 0.15) is 5.75 Å². The Labute approximate surface area is 115 Å². The predicted octanol–water partition coefficient (Wildman–Crippen LogP) is 3.63. The molecule has 20 heavy (non-hydrogen) atoms. The van der Waals surface area contributed by atoms with E-state index >= 15 is 0 Å². The molecule has 0 atom stereocenters. The Hall–Kier alpha value is -2.81. The van der Waals surface area contributed by atoms with Gasteiger partial charge in [-0.05, 0) is 18.2 Å². The van der Waals surface area contributed by atoms with Crippen LogP contribution in [0.4, 0.5) is 0 Å². The average molecular weight is 261 g/mol. The quantitative estimate of drug-likeness (QED) is 0.413. The van der Waals surface area contributed by atoms with Gasteiger partial charge in [-0.2, -0.15) is 0 Å². The molecule has 2 heterocycles. The number of rotatable bonds is 1. The van der Waals surface area contributed by atoms with Gasteiger partial charge in [-0.3, -0.25) is 0 Å². The summed E-state index contributed by atoms with van der Waals surface area (Å²) in [7, 11) is 0. The molecule has 4 rings (SSSR count). The second kappa shape index (κ2) is 4.10. The predicted molar refractivity (Wildman–Crippen MR) is 78.2 cm³/mol. The van der Waals surface area contributed by atoms with Crippen molar-refractivity contribution in [2.24, 2.45) is 0 Å². The fourth-order valence-electron chi connectivity index (χ4n) is 2.55. The molecule has 3 aromatic rings. The summed E-state index contributed by atoms with van der Waals surface area (Å²) in [6.07, 6.45) is 3.79. The fourth-order valence-corrected chi connectivity index (χ4v) is 2.55. The van der Waals surface area contributed by atoms with Crippen molar-refractivity contribution in [1.82, 2.24) is 4.98 Å². The third-order valence-corrected chi connectivity index (χ3v) is 3.52. The fraction of sp³-hybridized carbons (Fsp3) is 0. The number of hydrogen-bond donors (Lipinski definition) is 1. The first-order chi connectivity index (χ1) is 9.83. The number of ether oxygens (including phenoxy) is 1. The summed E-state index contributed by atoms with van der Waals surface area (Å²) in [5.41, 5.74) is 3.50. The molecule has 0 unspecified atom stereocenters. The Morgan fingerprint density at radius 2 is 1.80 bits per heavy atom. The molecule has 1 N–H and O–H groups in total. The second-order valence-electron chi connectivity index (χ2n) is 4.73. The van der Waals surface area contributed by atoms with Crippen LogP contribution >= 0.6 is 0 Å². The summed E-state index contributed by atoms with van der Waals surface area (Å²) in [4.78, 5) is 15.2. The molecule has 0 amide bonds. The van der Waals surface area contributed by atoms with Crippen LogP contribution in [0.15, 0.2) is 54.7 Å². The van der Waals surface area contributed by atoms with Crippen LogP contribution in [0.1, 0.15) is 11.1 Å². The summed E-state index contributed by atoms with van der Waals surface area (Å²) in [5.74, 6) is 0.333. The van der Waals surface area contributed by atoms with Crippen molar-refractivity contribution < 1.29 is 9.53 Å². The standard InChI is InChI=1S/C17H11NO2/c19-17-14(13-6-2-4-8-16(13)20-17)9-11-10-18-15-7-3-1-5-12(11)15/h1-10,18H/b14-9-. The maximum Gasteiger partial charge on any atom is 0.344 e. The number of benzene rings is 2. The molecule has 0 saturated carbocycles. The topological polar surface area (TPSA) is 42.1 Å². The van der Waals surface area contributed by atoms with Crippen molar-refractivity contribution in [3.63, 3.8) is 0 Å². The van der Waals surface area contributed by atoms with Crippen LogP contribution in [0.5, 0.6) is 5.75 Å². The summed E-state index contributed by atoms with van der Waals surface area (Å²) in [5, 5.41) is 1.09. The van der Waals surface area contributed by atoms with Gasteiger partial charge in [0.2, 0.25) is 0 Å². The van der Waals surface area contributed by atoms with Crippen molar-refractivity contribution in [3.8, 4) is 5.75 Å². The minimum absolute atomic E-state index is 0.295. The molecule has 0 bridgehead atoms. The zero-order chi connectivity index (χ0) is 13.5. The lowest BCUT2D eigenvalue weighted by molar-refractivity contribution is -0.126. The summed E-state index contributed by atoms with van der Waals surface area (Å²) in [6.45, 7) is 0. The van der Waals surface area contributed by atoms with Crippen LogP contribution < -0.4 is 4.74 Å². The molecule has 0 spiro atoms. The van der Waals surface area contributed by atoms with Crippen LogP contribution in [-0.2, 0) is 4.79 Å². The van der Waals surface area contributed by atoms with E-state index in [2.05, 4.69) is 4.98 Å². The third kappa shape index (κ3) is 1.57. The van der Waals surface area contributed by atoms with Gasteiger partial charge in [-0.25, -0.2) is 4.79 Å². The Balaban J connectivity index is 1.90. The van der Waals surface area contributed by atoms with Crippen LogP contribution in [-0.4, -0.2) is 11.0 Å². The summed E-state index contributed by atoms with van der Waals surface area (Å²) >= 11 is 0. The summed E-state index contributed by atoms with van der Waals surface area (Å²) in [6, 6.07) is 15.5. The molecule has 0 fully saturated rings. The molecule has 3 heteroatoms. The van der Waals surface area contributed by atoms with Gasteiger partial charge in [0, 0.05) is 28.2 Å². The minimum Gasteiger partial charge on any atom is -0.422 e. The SMILES string of the molecule is O=C1Oc2ccccc2/C1=C/c1c[nH]c2ccccc12. The molecular weight excluding hydrogens is 250 g/mol. The number of H-pyrrole nitrogens is 1. The van der Waals surface area contributed by atoms with Crippen LogP contribution in [0.2, 0.25) is 0 Å². The van der Waals surface area contributed by atoms with Gasteiger partial charge in [0.25, 0.3) is 0 Å². The maximum atomic E-state index is 12.0. The van der Waals surface area contributed by atoms with E-state index in [0.29, 0.717) is 11.3 Å². The highest BCUT2D eigenvalue weighted by Gasteiger charge is 2.26. The van der Waals surface area contributed by atoms with E-state index in [9.17, 15) is 4.79 Å². The first kappa shape index (κ1) is 11.1. The van der Waals surface area contributed by atoms with E-state index in [4.69, 9.17) is 4.74 Å². The average Bonchev–Trinajstić information content (AvgIpc) is 3.02. The lowest BCUT2D eigenvalue weighted by atomic mass is 10.0. The Bertz CT molecular complexity index is 858. The Kier molecular flexibility index (Phi) is 2.27. The highest BCUT2D eigenvalue weighted by Crippen LogP contribution is 2.35. The van der Waals surface area contributed by atoms with Gasteiger partial charge < -0.3 is 9.72 Å². The van der Waals surface area contributed by atoms with E-state index in [1.165, 1.54) is 0 Å². The lowest BCUT2D eigenvalue weighted by Gasteiger charge is -1.95. The number of nitrogens with one attached hydrogen (secondary N) is 1. The number of fused-ring (bicyclic) bond motifs is 2. The van der Waals surface area contributed by atoms with Gasteiger partial charge in [0.05, 0.1) is 5.57 Å². The van der Waals surface area contributed by atoms with E-state index in [0.717, 1.165) is 22.0 Å². The van der Waals surface area contributed by atoms with Crippen LogP contribution in [0.3, 0.4) is 0 Å². The first-order valence-electron chi connectivity index (χ1n) is 6.42. The molecule has 2 aromatic carbocycles. The number of esters is 1. The number of carbonyl (C=O) groups excluding carboxylic acids is 1. The van der Waals surface area contributed by atoms with E-state index in [1.807, 2.05) is 60.8 Å². The van der Waals surface area contributed by atoms with Crippen molar-refractivity contribution in [1.29, 1.82) is 0 Å². The van der Waals surface area contributed by atoms with Crippen LogP contribution in [0, 0.1) is 0 Å². The normalized spacial score (nSPS) is 15.6. The van der Waals surface area contributed by atoms with Gasteiger partial charge in [0.15, 0.2) is 0 Å². The minimum atomic E-state index is -0.295. The molecule has 1 aromatic heterocycles. The second-order valence-corrected chi connectivity index (χ2v) is 4.73. The molecule has 0 radical (unpaired) electrons. The summed E-state index contributed by atoms with van der Waals surface area (Å²) < 4.78 is 5.26. The Morgan fingerprint density at radius 3 is 2.75 bits per heavy atom. The number of carbonyl (C=O) groups is 1. The number of aromatic nitrogens is 1. The number of hydrogen-bond acceptors (Lipinski definition) is 2. The van der Waals surface area contributed by atoms with E-state index in [1.54, 1.807) is 0 Å². The van der Waals surface area contributed by atoms with Crippen molar-refractivity contribution >= 4 is 28.5 Å². The molecule has 0 saturated heterocycles. The Morgan fingerprint density at radius 1 is 1.00 bits per heavy atom. The first-order valence-corrected chi connectivity index (χ1v) is 6.42. The molecule has 96 valence electrons. The van der Waals surface area contributed by atoms with Gasteiger partial charge in [-0.15, -0.1) is 0 Å². The zero-order valence-corrected chi connectivity index (χ0v) is 10.6. The van der Waals surface area contributed by atoms with Gasteiger partial charge in [-0.1, -0.05) is 36.4 Å². The molecule has 0 aliphatic carbocycles. The number of para-hydroxylation sites is 2. The monoisotopic (exact) mass is 261 g/mol. The van der Waals surface area contributed by atoms with E-state index in [-0.39, 0.29) is 5.97 Å². The number of aromatic amines is 1. The van der Waals surface area contributed by atoms with Gasteiger partial charge >= 0.3 is 5.97 Å². The van der Waals surface area contributed by atoms with Crippen LogP contribution in [0.25, 0.3) is 22.6 Å². The molecule has 3 nitrogen and oxygen atoms in total. The van der Waals surface area contributed by atoms with Crippen molar-refractivity contribution in [2.75, 3.05) is 0 Å². The molecular formula is C17H11NO2. The maximum absolute atomic E-state index is 12.0. The van der Waals surface area contributed by atoms with Crippen molar-refractivity contribution in [3.05, 3.63) is 65.9 Å². The molecule has 1 aliphatic heterocycles. The highest BCUT2D eigenvalue weighted by molar-refractivity contribution is 6.26.